The largest absolute Gasteiger partial charge is 0.393 e. The van der Waals surface area contributed by atoms with Crippen LogP contribution in [0.1, 0.15) is 39.0 Å². The fraction of sp³-hybridized carbons (Fsp3) is 0.933. The van der Waals surface area contributed by atoms with Gasteiger partial charge in [-0.3, -0.25) is 4.79 Å². The molecule has 3 unspecified atom stereocenters. The lowest BCUT2D eigenvalue weighted by Crippen LogP contribution is -2.53. The van der Waals surface area contributed by atoms with E-state index in [0.717, 1.165) is 38.6 Å². The molecule has 2 aliphatic carbocycles. The van der Waals surface area contributed by atoms with Crippen molar-refractivity contribution < 1.29 is 14.6 Å². The number of nitrogens with one attached hydrogen (secondary N) is 1. The van der Waals surface area contributed by atoms with E-state index in [1.807, 2.05) is 0 Å². The van der Waals surface area contributed by atoms with Gasteiger partial charge in [0.15, 0.2) is 0 Å². The number of aliphatic hydroxyl groups is 1. The predicted octanol–water partition coefficient (Wildman–Crippen LogP) is 0.160. The van der Waals surface area contributed by atoms with E-state index in [4.69, 9.17) is 10.5 Å². The van der Waals surface area contributed by atoms with Crippen molar-refractivity contribution in [2.75, 3.05) is 13.2 Å². The zero-order valence-corrected chi connectivity index (χ0v) is 12.0. The van der Waals surface area contributed by atoms with Crippen molar-refractivity contribution in [1.29, 1.82) is 0 Å². The summed E-state index contributed by atoms with van der Waals surface area (Å²) in [4.78, 5) is 11.5. The molecule has 0 aromatic rings. The van der Waals surface area contributed by atoms with Crippen LogP contribution in [0.4, 0.5) is 0 Å². The molecule has 1 amide bonds. The summed E-state index contributed by atoms with van der Waals surface area (Å²) < 4.78 is 6.02. The number of hydrogen-bond donors (Lipinski definition) is 3. The first kappa shape index (κ1) is 13.0. The van der Waals surface area contributed by atoms with Gasteiger partial charge in [-0.05, 0) is 51.5 Å². The number of aliphatic hydroxyl groups excluding tert-OH is 1. The van der Waals surface area contributed by atoms with Gasteiger partial charge in [0.05, 0.1) is 18.3 Å². The van der Waals surface area contributed by atoms with Crippen molar-refractivity contribution in [3.63, 3.8) is 0 Å². The highest BCUT2D eigenvalue weighted by Crippen LogP contribution is 2.73. The van der Waals surface area contributed by atoms with Gasteiger partial charge in [-0.15, -0.1) is 0 Å². The monoisotopic (exact) mass is 280 g/mol. The summed E-state index contributed by atoms with van der Waals surface area (Å²) >= 11 is 0. The number of piperidine rings is 1. The summed E-state index contributed by atoms with van der Waals surface area (Å²) in [5.74, 6) is 0.454. The fourth-order valence-electron chi connectivity index (χ4n) is 5.52. The number of rotatable bonds is 3. The molecule has 4 atom stereocenters. The molecule has 5 nitrogen and oxygen atoms in total. The maximum Gasteiger partial charge on any atom is 0.220 e. The van der Waals surface area contributed by atoms with Crippen LogP contribution in [0, 0.1) is 17.3 Å². The fourth-order valence-corrected chi connectivity index (χ4v) is 5.52. The Morgan fingerprint density at radius 3 is 2.80 bits per heavy atom. The standard InChI is InChI=1S/C15H24N2O3/c1-9-14(6-13(7-14,8-18)20-9)11-5-15(11)4-10(12(16)19)2-3-17-15/h9-11,17-18H,2-8H2,1H3,(H2,16,19)/t9-,10?,11?,13?,14?,15?/m0/s1. The number of fused-ring (bicyclic) bond motifs is 1. The molecule has 5 fully saturated rings. The van der Waals surface area contributed by atoms with Crippen molar-refractivity contribution in [3.8, 4) is 0 Å². The first-order chi connectivity index (χ1) is 9.45. The average Bonchev–Trinajstić information content (AvgIpc) is 2.86. The molecule has 0 aromatic heterocycles. The molecule has 3 heterocycles. The molecule has 20 heavy (non-hydrogen) atoms. The molecule has 4 N–H and O–H groups in total. The van der Waals surface area contributed by atoms with Gasteiger partial charge in [0, 0.05) is 16.9 Å². The quantitative estimate of drug-likeness (QED) is 0.687. The first-order valence-electron chi connectivity index (χ1n) is 7.78. The highest BCUT2D eigenvalue weighted by molar-refractivity contribution is 5.77. The Morgan fingerprint density at radius 2 is 2.20 bits per heavy atom. The lowest BCUT2D eigenvalue weighted by Gasteiger charge is -2.46. The Kier molecular flexibility index (Phi) is 2.45. The third-order valence-corrected chi connectivity index (χ3v) is 6.58. The SMILES string of the molecule is C[C@@H]1OC2(CO)CC1(C1CC13CC(C(N)=O)CCN3)C2. The van der Waals surface area contributed by atoms with Crippen LogP contribution in [0.3, 0.4) is 0 Å². The lowest BCUT2D eigenvalue weighted by atomic mass is 9.56. The second-order valence-corrected chi connectivity index (χ2v) is 7.62. The van der Waals surface area contributed by atoms with Gasteiger partial charge in [0.1, 0.15) is 0 Å². The smallest absolute Gasteiger partial charge is 0.220 e. The Hall–Kier alpha value is -0.650. The molecule has 5 heteroatoms. The summed E-state index contributed by atoms with van der Waals surface area (Å²) in [5, 5.41) is 13.2. The van der Waals surface area contributed by atoms with Gasteiger partial charge in [0.2, 0.25) is 5.91 Å². The summed E-state index contributed by atoms with van der Waals surface area (Å²) in [5.41, 5.74) is 5.57. The normalized spacial score (nSPS) is 56.6. The number of primary amides is 1. The van der Waals surface area contributed by atoms with Crippen LogP contribution in [0.5, 0.6) is 0 Å². The van der Waals surface area contributed by atoms with E-state index < -0.39 is 0 Å². The molecule has 112 valence electrons. The van der Waals surface area contributed by atoms with Gasteiger partial charge in [0.25, 0.3) is 0 Å². The lowest BCUT2D eigenvalue weighted by molar-refractivity contribution is -0.123. The maximum atomic E-state index is 11.5. The Bertz CT molecular complexity index is 460. The van der Waals surface area contributed by atoms with Crippen LogP contribution >= 0.6 is 0 Å². The number of ether oxygens (including phenoxy) is 1. The molecule has 2 saturated carbocycles. The van der Waals surface area contributed by atoms with E-state index in [1.165, 1.54) is 0 Å². The van der Waals surface area contributed by atoms with Gasteiger partial charge in [-0.1, -0.05) is 0 Å². The van der Waals surface area contributed by atoms with Gasteiger partial charge < -0.3 is 20.9 Å². The van der Waals surface area contributed by atoms with Crippen LogP contribution in [-0.2, 0) is 9.53 Å². The molecule has 3 saturated heterocycles. The van der Waals surface area contributed by atoms with E-state index in [9.17, 15) is 9.90 Å². The number of nitrogens with two attached hydrogens (primary N) is 1. The highest BCUT2D eigenvalue weighted by Gasteiger charge is 2.76. The minimum absolute atomic E-state index is 0.0259. The summed E-state index contributed by atoms with van der Waals surface area (Å²) in [6, 6.07) is 0. The van der Waals surface area contributed by atoms with Gasteiger partial charge >= 0.3 is 0 Å². The van der Waals surface area contributed by atoms with Crippen LogP contribution in [0.2, 0.25) is 0 Å². The average molecular weight is 280 g/mol. The van der Waals surface area contributed by atoms with Crippen LogP contribution in [-0.4, -0.2) is 41.4 Å². The zero-order chi connectivity index (χ0) is 14.2. The number of carbonyl (C=O) groups is 1. The van der Waals surface area contributed by atoms with E-state index in [1.54, 1.807) is 0 Å². The van der Waals surface area contributed by atoms with E-state index >= 15 is 0 Å². The zero-order valence-electron chi connectivity index (χ0n) is 12.0. The molecule has 0 aromatic carbocycles. The number of amides is 1. The van der Waals surface area contributed by atoms with Crippen molar-refractivity contribution in [2.24, 2.45) is 23.0 Å². The topological polar surface area (TPSA) is 84.6 Å². The summed E-state index contributed by atoms with van der Waals surface area (Å²) in [6.07, 6.45) is 5.05. The van der Waals surface area contributed by atoms with E-state index in [-0.39, 0.29) is 41.1 Å². The summed E-state index contributed by atoms with van der Waals surface area (Å²) in [6.45, 7) is 3.17. The van der Waals surface area contributed by atoms with Crippen LogP contribution < -0.4 is 11.1 Å². The van der Waals surface area contributed by atoms with Crippen molar-refractivity contribution >= 4 is 5.91 Å². The summed E-state index contributed by atoms with van der Waals surface area (Å²) in [7, 11) is 0. The Labute approximate surface area is 119 Å². The second kappa shape index (κ2) is 3.76. The Morgan fingerprint density at radius 1 is 1.45 bits per heavy atom. The van der Waals surface area contributed by atoms with E-state index in [2.05, 4.69) is 12.2 Å². The molecule has 2 bridgehead atoms. The third-order valence-electron chi connectivity index (χ3n) is 6.58. The molecule has 0 radical (unpaired) electrons. The molecule has 3 aliphatic heterocycles. The minimum Gasteiger partial charge on any atom is -0.393 e. The number of hydrogen-bond acceptors (Lipinski definition) is 4. The first-order valence-corrected chi connectivity index (χ1v) is 7.78. The molecule has 5 rings (SSSR count). The minimum atomic E-state index is -0.263. The molecular weight excluding hydrogens is 256 g/mol. The third kappa shape index (κ3) is 1.46. The molecule has 1 spiro atoms. The number of carbonyl (C=O) groups excluding carboxylic acids is 1. The highest BCUT2D eigenvalue weighted by atomic mass is 16.5. The Balaban J connectivity index is 1.52. The van der Waals surface area contributed by atoms with Crippen molar-refractivity contribution in [1.82, 2.24) is 5.32 Å². The van der Waals surface area contributed by atoms with Crippen molar-refractivity contribution in [2.45, 2.75) is 56.3 Å². The van der Waals surface area contributed by atoms with Crippen LogP contribution in [0.25, 0.3) is 0 Å². The second-order valence-electron chi connectivity index (χ2n) is 7.62. The van der Waals surface area contributed by atoms with Gasteiger partial charge in [-0.2, -0.15) is 0 Å². The molecule has 5 aliphatic rings. The maximum absolute atomic E-state index is 11.5. The van der Waals surface area contributed by atoms with Gasteiger partial charge in [-0.25, -0.2) is 0 Å². The predicted molar refractivity (Wildman–Crippen MR) is 72.8 cm³/mol. The van der Waals surface area contributed by atoms with Crippen LogP contribution in [0.15, 0.2) is 0 Å². The van der Waals surface area contributed by atoms with E-state index in [0.29, 0.717) is 5.92 Å². The molecular formula is C15H24N2O3. The van der Waals surface area contributed by atoms with Crippen molar-refractivity contribution in [3.05, 3.63) is 0 Å².